The molecular formula is C17H23N5S. The van der Waals surface area contributed by atoms with Gasteiger partial charge in [0.15, 0.2) is 0 Å². The zero-order valence-corrected chi connectivity index (χ0v) is 14.5. The normalized spacial score (nSPS) is 22.0. The fourth-order valence-corrected chi connectivity index (χ4v) is 3.37. The van der Waals surface area contributed by atoms with Gasteiger partial charge in [0.25, 0.3) is 0 Å². The number of likely N-dealkylation sites (tertiary alicyclic amines) is 1. The van der Waals surface area contributed by atoms with Crippen molar-refractivity contribution in [2.45, 2.75) is 31.0 Å². The lowest BCUT2D eigenvalue weighted by molar-refractivity contribution is 0.163. The molecule has 1 fully saturated rings. The highest BCUT2D eigenvalue weighted by atomic mass is 32.2. The van der Waals surface area contributed by atoms with E-state index in [0.717, 1.165) is 42.6 Å². The van der Waals surface area contributed by atoms with Gasteiger partial charge in [0.05, 0.1) is 18.1 Å². The van der Waals surface area contributed by atoms with Crippen LogP contribution in [0.25, 0.3) is 0 Å². The number of hydrogen-bond donors (Lipinski definition) is 1. The molecule has 1 saturated heterocycles. The van der Waals surface area contributed by atoms with Crippen LogP contribution < -0.4 is 5.32 Å². The molecule has 23 heavy (non-hydrogen) atoms. The Kier molecular flexibility index (Phi) is 5.46. The zero-order chi connectivity index (χ0) is 16.1. The molecule has 0 aromatic carbocycles. The Hall–Kier alpha value is -1.66. The quantitative estimate of drug-likeness (QED) is 0.851. The molecule has 0 saturated carbocycles. The number of pyridine rings is 1. The van der Waals surface area contributed by atoms with Crippen LogP contribution in [0.15, 0.2) is 41.8 Å². The fraction of sp³-hybridized carbons (Fsp3) is 0.471. The molecule has 2 aromatic heterocycles. The number of hydrogen-bond acceptors (Lipinski definition) is 6. The third-order valence-electron chi connectivity index (χ3n) is 4.26. The van der Waals surface area contributed by atoms with Crippen LogP contribution in [-0.4, -0.2) is 45.2 Å². The first-order valence-electron chi connectivity index (χ1n) is 7.99. The molecule has 0 amide bonds. The maximum atomic E-state index is 4.57. The molecule has 122 valence electrons. The summed E-state index contributed by atoms with van der Waals surface area (Å²) in [6.45, 7) is 5.38. The van der Waals surface area contributed by atoms with Crippen LogP contribution in [0.5, 0.6) is 0 Å². The Morgan fingerprint density at radius 1 is 1.35 bits per heavy atom. The third-order valence-corrected chi connectivity index (χ3v) is 4.87. The Labute approximate surface area is 141 Å². The number of nitrogens with one attached hydrogen (secondary N) is 1. The van der Waals surface area contributed by atoms with E-state index in [9.17, 15) is 0 Å². The SMILES string of the molecule is CSc1cncc(N[C@@H]2CCN(Cc3ccccn3)C[C@H]2C)n1. The van der Waals surface area contributed by atoms with E-state index in [4.69, 9.17) is 0 Å². The minimum Gasteiger partial charge on any atom is -0.366 e. The molecule has 2 atom stereocenters. The van der Waals surface area contributed by atoms with Crippen molar-refractivity contribution in [3.05, 3.63) is 42.5 Å². The van der Waals surface area contributed by atoms with E-state index in [1.54, 1.807) is 18.0 Å². The van der Waals surface area contributed by atoms with E-state index in [0.29, 0.717) is 12.0 Å². The lowest BCUT2D eigenvalue weighted by Gasteiger charge is -2.37. The number of thioether (sulfide) groups is 1. The summed E-state index contributed by atoms with van der Waals surface area (Å²) in [5, 5.41) is 4.51. The molecule has 1 aliphatic rings. The predicted octanol–water partition coefficient (Wildman–Crippen LogP) is 2.92. The van der Waals surface area contributed by atoms with Gasteiger partial charge in [-0.2, -0.15) is 0 Å². The first kappa shape index (κ1) is 16.2. The molecule has 0 spiro atoms. The molecule has 6 heteroatoms. The Morgan fingerprint density at radius 3 is 3.00 bits per heavy atom. The molecular weight excluding hydrogens is 306 g/mol. The first-order chi connectivity index (χ1) is 11.2. The number of rotatable bonds is 5. The van der Waals surface area contributed by atoms with Gasteiger partial charge in [-0.1, -0.05) is 13.0 Å². The molecule has 3 heterocycles. The summed E-state index contributed by atoms with van der Waals surface area (Å²) in [6.07, 6.45) is 8.61. The van der Waals surface area contributed by atoms with Crippen LogP contribution in [0.2, 0.25) is 0 Å². The van der Waals surface area contributed by atoms with E-state index in [1.165, 1.54) is 0 Å². The summed E-state index contributed by atoms with van der Waals surface area (Å²) in [5.74, 6) is 1.44. The van der Waals surface area contributed by atoms with Crippen LogP contribution in [0.4, 0.5) is 5.82 Å². The Balaban J connectivity index is 1.56. The van der Waals surface area contributed by atoms with Crippen LogP contribution in [0.3, 0.4) is 0 Å². The highest BCUT2D eigenvalue weighted by Gasteiger charge is 2.26. The number of nitrogens with zero attached hydrogens (tertiary/aromatic N) is 4. The maximum Gasteiger partial charge on any atom is 0.146 e. The van der Waals surface area contributed by atoms with E-state index in [2.05, 4.69) is 44.2 Å². The van der Waals surface area contributed by atoms with Crippen molar-refractivity contribution < 1.29 is 0 Å². The summed E-state index contributed by atoms with van der Waals surface area (Å²) >= 11 is 1.62. The van der Waals surface area contributed by atoms with Crippen molar-refractivity contribution in [3.63, 3.8) is 0 Å². The van der Waals surface area contributed by atoms with Gasteiger partial charge in [0.2, 0.25) is 0 Å². The van der Waals surface area contributed by atoms with Gasteiger partial charge >= 0.3 is 0 Å². The van der Waals surface area contributed by atoms with Crippen LogP contribution in [-0.2, 0) is 6.54 Å². The second-order valence-corrected chi connectivity index (χ2v) is 6.85. The smallest absolute Gasteiger partial charge is 0.146 e. The fourth-order valence-electron chi connectivity index (χ4n) is 3.02. The van der Waals surface area contributed by atoms with Crippen molar-refractivity contribution in [2.75, 3.05) is 24.7 Å². The van der Waals surface area contributed by atoms with Gasteiger partial charge in [0.1, 0.15) is 10.8 Å². The molecule has 3 rings (SSSR count). The highest BCUT2D eigenvalue weighted by Crippen LogP contribution is 2.22. The topological polar surface area (TPSA) is 53.9 Å². The molecule has 1 N–H and O–H groups in total. The monoisotopic (exact) mass is 329 g/mol. The lowest BCUT2D eigenvalue weighted by atomic mass is 9.93. The van der Waals surface area contributed by atoms with Crippen molar-refractivity contribution in [3.8, 4) is 0 Å². The number of aromatic nitrogens is 3. The lowest BCUT2D eigenvalue weighted by Crippen LogP contribution is -2.45. The highest BCUT2D eigenvalue weighted by molar-refractivity contribution is 7.98. The van der Waals surface area contributed by atoms with E-state index < -0.39 is 0 Å². The van der Waals surface area contributed by atoms with Crippen LogP contribution in [0, 0.1) is 5.92 Å². The summed E-state index contributed by atoms with van der Waals surface area (Å²) in [7, 11) is 0. The average Bonchev–Trinajstić information content (AvgIpc) is 2.58. The van der Waals surface area contributed by atoms with Gasteiger partial charge < -0.3 is 5.32 Å². The van der Waals surface area contributed by atoms with E-state index in [-0.39, 0.29) is 0 Å². The molecule has 0 bridgehead atoms. The van der Waals surface area contributed by atoms with Crippen molar-refractivity contribution in [2.24, 2.45) is 5.92 Å². The minimum atomic E-state index is 0.446. The Morgan fingerprint density at radius 2 is 2.26 bits per heavy atom. The molecule has 5 nitrogen and oxygen atoms in total. The zero-order valence-electron chi connectivity index (χ0n) is 13.6. The number of anilines is 1. The summed E-state index contributed by atoms with van der Waals surface area (Å²) < 4.78 is 0. The summed E-state index contributed by atoms with van der Waals surface area (Å²) in [6, 6.07) is 6.56. The number of piperidine rings is 1. The van der Waals surface area contributed by atoms with Gasteiger partial charge in [0, 0.05) is 31.9 Å². The second kappa shape index (κ2) is 7.75. The summed E-state index contributed by atoms with van der Waals surface area (Å²) in [4.78, 5) is 15.7. The van der Waals surface area contributed by atoms with Crippen LogP contribution >= 0.6 is 11.8 Å². The van der Waals surface area contributed by atoms with E-state index >= 15 is 0 Å². The Bertz CT molecular complexity index is 621. The average molecular weight is 329 g/mol. The second-order valence-electron chi connectivity index (χ2n) is 6.02. The predicted molar refractivity (Wildman–Crippen MR) is 94.5 cm³/mol. The molecule has 0 unspecified atom stereocenters. The minimum absolute atomic E-state index is 0.446. The largest absolute Gasteiger partial charge is 0.366 e. The maximum absolute atomic E-state index is 4.57. The molecule has 0 radical (unpaired) electrons. The van der Waals surface area contributed by atoms with Crippen LogP contribution in [0.1, 0.15) is 19.0 Å². The van der Waals surface area contributed by atoms with Crippen molar-refractivity contribution >= 4 is 17.6 Å². The first-order valence-corrected chi connectivity index (χ1v) is 9.22. The van der Waals surface area contributed by atoms with Gasteiger partial charge in [-0.05, 0) is 30.7 Å². The van der Waals surface area contributed by atoms with Crippen molar-refractivity contribution in [1.82, 2.24) is 19.9 Å². The molecule has 2 aromatic rings. The summed E-state index contributed by atoms with van der Waals surface area (Å²) in [5.41, 5.74) is 1.14. The van der Waals surface area contributed by atoms with Gasteiger partial charge in [-0.25, -0.2) is 4.98 Å². The standard InChI is InChI=1S/C17H23N5S/c1-13-11-22(12-14-5-3-4-7-19-14)8-6-15(13)20-16-9-18-10-17(21-16)23-2/h3-5,7,9-10,13,15H,6,8,11-12H2,1-2H3,(H,20,21)/t13-,15-/m1/s1. The van der Waals surface area contributed by atoms with Crippen molar-refractivity contribution in [1.29, 1.82) is 0 Å². The van der Waals surface area contributed by atoms with Gasteiger partial charge in [-0.3, -0.25) is 14.9 Å². The van der Waals surface area contributed by atoms with Gasteiger partial charge in [-0.15, -0.1) is 11.8 Å². The molecule has 0 aliphatic carbocycles. The van der Waals surface area contributed by atoms with E-state index in [1.807, 2.05) is 24.7 Å². The molecule has 1 aliphatic heterocycles. The third kappa shape index (κ3) is 4.42.